The highest BCUT2D eigenvalue weighted by atomic mass is 32.2. The number of nitriles is 1. The van der Waals surface area contributed by atoms with Gasteiger partial charge in [-0.1, -0.05) is 0 Å². The van der Waals surface area contributed by atoms with E-state index in [1.807, 2.05) is 6.07 Å². The molecule has 0 aromatic heterocycles. The Morgan fingerprint density at radius 3 is 2.33 bits per heavy atom. The molecular weight excluding hydrogens is 298 g/mol. The number of carbonyl (C=O) groups is 2. The Morgan fingerprint density at radius 2 is 1.90 bits per heavy atom. The molecule has 0 aliphatic carbocycles. The molecule has 0 heterocycles. The Balaban J connectivity index is 4.79. The zero-order chi connectivity index (χ0) is 16.7. The summed E-state index contributed by atoms with van der Waals surface area (Å²) in [5, 5.41) is 13.0. The Hall–Kier alpha value is -1.82. The quantitative estimate of drug-likeness (QED) is 0.661. The molecule has 0 fully saturated rings. The van der Waals surface area contributed by atoms with Gasteiger partial charge in [-0.2, -0.15) is 5.26 Å². The van der Waals surface area contributed by atoms with Gasteiger partial charge in [0.2, 0.25) is 5.91 Å². The summed E-state index contributed by atoms with van der Waals surface area (Å²) in [6, 6.07) is 0.567. The largest absolute Gasteiger partial charge is 0.444 e. The number of ether oxygens (including phenoxy) is 1. The molecule has 0 bridgehead atoms. The van der Waals surface area contributed by atoms with Gasteiger partial charge in [0.15, 0.2) is 0 Å². The van der Waals surface area contributed by atoms with Crippen molar-refractivity contribution >= 4 is 21.8 Å². The number of carbonyl (C=O) groups excluding carboxylic acids is 2. The number of alkyl carbamates (subject to hydrolysis) is 1. The van der Waals surface area contributed by atoms with Crippen LogP contribution in [0.5, 0.6) is 0 Å². The van der Waals surface area contributed by atoms with Gasteiger partial charge in [-0.3, -0.25) is 4.79 Å². The highest BCUT2D eigenvalue weighted by Gasteiger charge is 2.27. The summed E-state index contributed by atoms with van der Waals surface area (Å²) >= 11 is 0. The van der Waals surface area contributed by atoms with E-state index in [1.165, 1.54) is 0 Å². The molecule has 2 amide bonds. The lowest BCUT2D eigenvalue weighted by Gasteiger charge is -2.22. The van der Waals surface area contributed by atoms with E-state index in [9.17, 15) is 18.0 Å². The number of hydrogen-bond donors (Lipinski definition) is 2. The first-order valence-corrected chi connectivity index (χ1v) is 8.32. The molecule has 120 valence electrons. The Bertz CT molecular complexity index is 516. The molecule has 0 radical (unpaired) electrons. The molecule has 0 aliphatic rings. The van der Waals surface area contributed by atoms with Crippen LogP contribution in [-0.2, 0) is 19.4 Å². The normalized spacial score (nSPS) is 12.9. The maximum atomic E-state index is 11.8. The van der Waals surface area contributed by atoms with Gasteiger partial charge >= 0.3 is 6.09 Å². The zero-order valence-electron chi connectivity index (χ0n) is 12.6. The number of nitrogens with one attached hydrogen (secondary N) is 2. The minimum atomic E-state index is -3.48. The van der Waals surface area contributed by atoms with E-state index >= 15 is 0 Å². The predicted molar refractivity (Wildman–Crippen MR) is 76.1 cm³/mol. The smallest absolute Gasteiger partial charge is 0.408 e. The van der Waals surface area contributed by atoms with Gasteiger partial charge in [-0.15, -0.1) is 0 Å². The molecule has 0 spiro atoms. The fourth-order valence-corrected chi connectivity index (χ4v) is 2.14. The molecule has 0 aliphatic heterocycles. The van der Waals surface area contributed by atoms with E-state index in [1.54, 1.807) is 20.8 Å². The molecule has 8 nitrogen and oxygen atoms in total. The van der Waals surface area contributed by atoms with Crippen LogP contribution in [0.1, 0.15) is 27.2 Å². The van der Waals surface area contributed by atoms with E-state index in [0.717, 1.165) is 6.26 Å². The molecule has 0 saturated carbocycles. The van der Waals surface area contributed by atoms with Gasteiger partial charge in [0.25, 0.3) is 0 Å². The Morgan fingerprint density at radius 1 is 1.33 bits per heavy atom. The third-order valence-electron chi connectivity index (χ3n) is 2.01. The Labute approximate surface area is 124 Å². The van der Waals surface area contributed by atoms with Crippen molar-refractivity contribution in [3.05, 3.63) is 0 Å². The van der Waals surface area contributed by atoms with Gasteiger partial charge in [-0.25, -0.2) is 13.2 Å². The minimum Gasteiger partial charge on any atom is -0.444 e. The summed E-state index contributed by atoms with van der Waals surface area (Å²) in [6.45, 7) is 5.01. The van der Waals surface area contributed by atoms with Crippen molar-refractivity contribution in [3.8, 4) is 6.07 Å². The monoisotopic (exact) mass is 319 g/mol. The third-order valence-corrected chi connectivity index (χ3v) is 2.95. The molecule has 1 unspecified atom stereocenters. The SMILES string of the molecule is CC(C)(C)OC(=O)NC(CS(C)(=O)=O)C(=O)NCCC#N. The molecule has 0 saturated heterocycles. The minimum absolute atomic E-state index is 0.0750. The van der Waals surface area contributed by atoms with Gasteiger partial charge in [0.1, 0.15) is 21.5 Å². The second kappa shape index (κ2) is 7.83. The van der Waals surface area contributed by atoms with E-state index in [2.05, 4.69) is 10.6 Å². The highest BCUT2D eigenvalue weighted by molar-refractivity contribution is 7.90. The summed E-state index contributed by atoms with van der Waals surface area (Å²) in [5.74, 6) is -1.23. The van der Waals surface area contributed by atoms with Crippen LogP contribution in [-0.4, -0.2) is 50.6 Å². The van der Waals surface area contributed by atoms with Gasteiger partial charge in [-0.05, 0) is 20.8 Å². The number of rotatable bonds is 6. The molecule has 0 aromatic carbocycles. The van der Waals surface area contributed by atoms with Crippen LogP contribution in [0, 0.1) is 11.3 Å². The molecule has 9 heteroatoms. The molecule has 21 heavy (non-hydrogen) atoms. The lowest BCUT2D eigenvalue weighted by atomic mass is 10.2. The van der Waals surface area contributed by atoms with Crippen molar-refractivity contribution in [2.24, 2.45) is 0 Å². The van der Waals surface area contributed by atoms with E-state index in [4.69, 9.17) is 10.00 Å². The number of hydrogen-bond acceptors (Lipinski definition) is 6. The second-order valence-electron chi connectivity index (χ2n) is 5.49. The van der Waals surface area contributed by atoms with Crippen molar-refractivity contribution in [2.75, 3.05) is 18.6 Å². The van der Waals surface area contributed by atoms with Crippen molar-refractivity contribution in [1.29, 1.82) is 5.26 Å². The highest BCUT2D eigenvalue weighted by Crippen LogP contribution is 2.07. The molecule has 0 rings (SSSR count). The van der Waals surface area contributed by atoms with Crippen LogP contribution < -0.4 is 10.6 Å². The summed E-state index contributed by atoms with van der Waals surface area (Å²) in [4.78, 5) is 23.5. The topological polar surface area (TPSA) is 125 Å². The first-order valence-electron chi connectivity index (χ1n) is 6.26. The lowest BCUT2D eigenvalue weighted by Crippen LogP contribution is -2.51. The third kappa shape index (κ3) is 10.6. The Kier molecular flexibility index (Phi) is 7.15. The van der Waals surface area contributed by atoms with Crippen molar-refractivity contribution in [2.45, 2.75) is 38.8 Å². The summed E-state index contributed by atoms with van der Waals surface area (Å²) in [5.41, 5.74) is -0.767. The zero-order valence-corrected chi connectivity index (χ0v) is 13.4. The second-order valence-corrected chi connectivity index (χ2v) is 7.68. The van der Waals surface area contributed by atoms with Gasteiger partial charge in [0, 0.05) is 12.8 Å². The number of amides is 2. The van der Waals surface area contributed by atoms with E-state index in [0.29, 0.717) is 0 Å². The van der Waals surface area contributed by atoms with Crippen LogP contribution in [0.3, 0.4) is 0 Å². The number of nitrogens with zero attached hydrogens (tertiary/aromatic N) is 1. The van der Waals surface area contributed by atoms with Crippen molar-refractivity contribution in [1.82, 2.24) is 10.6 Å². The average Bonchev–Trinajstić information content (AvgIpc) is 2.23. The maximum Gasteiger partial charge on any atom is 0.408 e. The van der Waals surface area contributed by atoms with Crippen LogP contribution in [0.4, 0.5) is 4.79 Å². The lowest BCUT2D eigenvalue weighted by molar-refractivity contribution is -0.122. The van der Waals surface area contributed by atoms with Crippen LogP contribution in [0.15, 0.2) is 0 Å². The first-order chi connectivity index (χ1) is 9.44. The van der Waals surface area contributed by atoms with Gasteiger partial charge < -0.3 is 15.4 Å². The maximum absolute atomic E-state index is 11.8. The summed E-state index contributed by atoms with van der Waals surface area (Å²) < 4.78 is 27.6. The average molecular weight is 319 g/mol. The van der Waals surface area contributed by atoms with Crippen molar-refractivity contribution < 1.29 is 22.7 Å². The fraction of sp³-hybridized carbons (Fsp3) is 0.750. The molecule has 2 N–H and O–H groups in total. The molecule has 1 atom stereocenters. The van der Waals surface area contributed by atoms with Crippen LogP contribution in [0.25, 0.3) is 0 Å². The van der Waals surface area contributed by atoms with Gasteiger partial charge in [0.05, 0.1) is 18.2 Å². The number of sulfone groups is 1. The molecular formula is C12H21N3O5S. The van der Waals surface area contributed by atoms with E-state index < -0.39 is 39.2 Å². The summed E-state index contributed by atoms with van der Waals surface area (Å²) in [7, 11) is -3.48. The summed E-state index contributed by atoms with van der Waals surface area (Å²) in [6.07, 6.45) is 0.162. The standard InChI is InChI=1S/C12H21N3O5S/c1-12(2,3)20-11(17)15-9(8-21(4,18)19)10(16)14-7-5-6-13/h9H,5,7-8H2,1-4H3,(H,14,16)(H,15,17). The first kappa shape index (κ1) is 19.2. The fourth-order valence-electron chi connectivity index (χ4n) is 1.30. The van der Waals surface area contributed by atoms with Crippen LogP contribution in [0.2, 0.25) is 0 Å². The van der Waals surface area contributed by atoms with Crippen molar-refractivity contribution in [3.63, 3.8) is 0 Å². The van der Waals surface area contributed by atoms with E-state index in [-0.39, 0.29) is 13.0 Å². The van der Waals surface area contributed by atoms with Crippen LogP contribution >= 0.6 is 0 Å². The molecule has 0 aromatic rings. The predicted octanol–water partition coefficient (Wildman–Crippen LogP) is -0.0458.